The monoisotopic (exact) mass is 371 g/mol. The number of hydrogen-bond acceptors (Lipinski definition) is 3. The number of hydrogen-bond donors (Lipinski definition) is 2. The van der Waals surface area contributed by atoms with E-state index in [0.29, 0.717) is 29.6 Å². The van der Waals surface area contributed by atoms with Gasteiger partial charge in [0.1, 0.15) is 5.82 Å². The van der Waals surface area contributed by atoms with Gasteiger partial charge in [0.05, 0.1) is 30.0 Å². The van der Waals surface area contributed by atoms with E-state index < -0.39 is 0 Å². The van der Waals surface area contributed by atoms with E-state index in [9.17, 15) is 9.59 Å². The van der Waals surface area contributed by atoms with Crippen LogP contribution in [0.2, 0.25) is 0 Å². The van der Waals surface area contributed by atoms with Gasteiger partial charge < -0.3 is 10.2 Å². The third kappa shape index (κ3) is 4.95. The van der Waals surface area contributed by atoms with Crippen molar-refractivity contribution in [2.45, 2.75) is 51.5 Å². The number of rotatable bonds is 7. The molecule has 0 saturated carbocycles. The zero-order valence-electron chi connectivity index (χ0n) is 16.5. The van der Waals surface area contributed by atoms with Gasteiger partial charge in [0.15, 0.2) is 0 Å². The van der Waals surface area contributed by atoms with Crippen LogP contribution in [0.25, 0.3) is 10.9 Å². The molecule has 3 rings (SSSR count). The van der Waals surface area contributed by atoms with E-state index in [2.05, 4.69) is 17.2 Å². The van der Waals surface area contributed by atoms with Gasteiger partial charge in [-0.25, -0.2) is 4.98 Å². The van der Waals surface area contributed by atoms with Crippen LogP contribution in [-0.4, -0.2) is 41.1 Å². The lowest BCUT2D eigenvalue weighted by atomic mass is 10.0. The number of benzene rings is 1. The summed E-state index contributed by atoms with van der Waals surface area (Å²) in [4.78, 5) is 30.8. The highest BCUT2D eigenvalue weighted by atomic mass is 16.1. The largest absolute Gasteiger partial charge is 0.356 e. The van der Waals surface area contributed by atoms with Crippen molar-refractivity contribution < 1.29 is 9.69 Å². The highest BCUT2D eigenvalue weighted by Gasteiger charge is 2.20. The first-order valence-corrected chi connectivity index (χ1v) is 10.1. The standard InChI is InChI=1S/C21H30N4O2/c1-16-8-5-6-14-25(16)15-7-13-22-20(26)12-11-19-23-18-10-4-3-9-17(18)21(27)24(19)2/h3-4,9-10,16H,5-8,11-15H2,1-2H3,(H,22,26)/p+1/t16-/m1/s1. The maximum absolute atomic E-state index is 12.4. The van der Waals surface area contributed by atoms with Gasteiger partial charge in [0.2, 0.25) is 5.91 Å². The fourth-order valence-electron chi connectivity index (χ4n) is 3.97. The van der Waals surface area contributed by atoms with Gasteiger partial charge in [-0.2, -0.15) is 0 Å². The summed E-state index contributed by atoms with van der Waals surface area (Å²) in [5, 5.41) is 3.62. The van der Waals surface area contributed by atoms with E-state index in [1.807, 2.05) is 18.2 Å². The molecule has 1 amide bonds. The second-order valence-corrected chi connectivity index (χ2v) is 7.67. The third-order valence-electron chi connectivity index (χ3n) is 5.73. The summed E-state index contributed by atoms with van der Waals surface area (Å²) in [5.41, 5.74) is 0.629. The maximum atomic E-state index is 12.4. The Morgan fingerprint density at radius 1 is 1.33 bits per heavy atom. The number of amides is 1. The van der Waals surface area contributed by atoms with E-state index in [4.69, 9.17) is 0 Å². The molecule has 27 heavy (non-hydrogen) atoms. The summed E-state index contributed by atoms with van der Waals surface area (Å²) in [6, 6.07) is 8.08. The van der Waals surface area contributed by atoms with Gasteiger partial charge in [-0.15, -0.1) is 0 Å². The Balaban J connectivity index is 1.46. The smallest absolute Gasteiger partial charge is 0.261 e. The number of para-hydroxylation sites is 1. The SMILES string of the molecule is C[C@@H]1CCCC[NH+]1CCCNC(=O)CCc1nc2ccccc2c(=O)n1C. The molecule has 2 N–H and O–H groups in total. The summed E-state index contributed by atoms with van der Waals surface area (Å²) in [7, 11) is 1.72. The van der Waals surface area contributed by atoms with Crippen LogP contribution < -0.4 is 15.8 Å². The minimum absolute atomic E-state index is 0.0269. The van der Waals surface area contributed by atoms with Crippen LogP contribution in [0.3, 0.4) is 0 Å². The number of fused-ring (bicyclic) bond motifs is 1. The Morgan fingerprint density at radius 2 is 2.15 bits per heavy atom. The molecule has 1 unspecified atom stereocenters. The van der Waals surface area contributed by atoms with Gasteiger partial charge in [-0.05, 0) is 38.3 Å². The van der Waals surface area contributed by atoms with Crippen LogP contribution in [0.5, 0.6) is 0 Å². The minimum atomic E-state index is -0.0605. The van der Waals surface area contributed by atoms with Crippen LogP contribution in [0.4, 0.5) is 0 Å². The predicted octanol–water partition coefficient (Wildman–Crippen LogP) is 0.830. The number of likely N-dealkylation sites (tertiary alicyclic amines) is 1. The number of aryl methyl sites for hydroxylation is 1. The van der Waals surface area contributed by atoms with Gasteiger partial charge >= 0.3 is 0 Å². The van der Waals surface area contributed by atoms with Gasteiger partial charge in [-0.1, -0.05) is 12.1 Å². The Hall–Kier alpha value is -2.21. The van der Waals surface area contributed by atoms with Gasteiger partial charge in [0, 0.05) is 32.9 Å². The molecule has 2 heterocycles. The summed E-state index contributed by atoms with van der Waals surface area (Å²) in [6.07, 6.45) is 5.83. The van der Waals surface area contributed by atoms with E-state index in [1.165, 1.54) is 25.8 Å². The van der Waals surface area contributed by atoms with Gasteiger partial charge in [0.25, 0.3) is 5.56 Å². The molecule has 1 aliphatic heterocycles. The molecule has 6 nitrogen and oxygen atoms in total. The lowest BCUT2D eigenvalue weighted by molar-refractivity contribution is -0.928. The van der Waals surface area contributed by atoms with Crippen molar-refractivity contribution in [1.82, 2.24) is 14.9 Å². The van der Waals surface area contributed by atoms with Crippen molar-refractivity contribution in [3.8, 4) is 0 Å². The number of piperidine rings is 1. The number of carbonyl (C=O) groups is 1. The lowest BCUT2D eigenvalue weighted by Crippen LogP contribution is -3.16. The minimum Gasteiger partial charge on any atom is -0.356 e. The molecule has 0 aliphatic carbocycles. The molecular formula is C21H31N4O2+. The first kappa shape index (κ1) is 19.5. The molecule has 0 bridgehead atoms. The van der Waals surface area contributed by atoms with Crippen molar-refractivity contribution in [2.75, 3.05) is 19.6 Å². The van der Waals surface area contributed by atoms with Crippen LogP contribution in [0.15, 0.2) is 29.1 Å². The molecule has 0 spiro atoms. The number of quaternary nitrogens is 1. The average molecular weight is 372 g/mol. The molecule has 1 fully saturated rings. The molecule has 0 radical (unpaired) electrons. The third-order valence-corrected chi connectivity index (χ3v) is 5.73. The van der Waals surface area contributed by atoms with E-state index in [1.54, 1.807) is 22.6 Å². The number of nitrogens with one attached hydrogen (secondary N) is 2. The number of aromatic nitrogens is 2. The van der Waals surface area contributed by atoms with Crippen molar-refractivity contribution >= 4 is 16.8 Å². The maximum Gasteiger partial charge on any atom is 0.261 e. The average Bonchev–Trinajstić information content (AvgIpc) is 2.68. The lowest BCUT2D eigenvalue weighted by Gasteiger charge is -2.30. The van der Waals surface area contributed by atoms with Crippen LogP contribution in [0, 0.1) is 0 Å². The zero-order chi connectivity index (χ0) is 19.2. The van der Waals surface area contributed by atoms with Gasteiger partial charge in [-0.3, -0.25) is 14.2 Å². The first-order chi connectivity index (χ1) is 13.1. The molecule has 1 aromatic carbocycles. The van der Waals surface area contributed by atoms with Crippen molar-refractivity contribution in [1.29, 1.82) is 0 Å². The molecule has 1 saturated heterocycles. The molecular weight excluding hydrogens is 340 g/mol. The second kappa shape index (κ2) is 9.13. The Kier molecular flexibility index (Phi) is 6.61. The molecule has 2 atom stereocenters. The molecule has 146 valence electrons. The zero-order valence-corrected chi connectivity index (χ0v) is 16.5. The highest BCUT2D eigenvalue weighted by molar-refractivity contribution is 5.78. The van der Waals surface area contributed by atoms with Crippen LogP contribution >= 0.6 is 0 Å². The summed E-state index contributed by atoms with van der Waals surface area (Å²) < 4.78 is 1.55. The van der Waals surface area contributed by atoms with Crippen molar-refractivity contribution in [3.05, 3.63) is 40.4 Å². The Labute approximate surface area is 160 Å². The first-order valence-electron chi connectivity index (χ1n) is 10.1. The van der Waals surface area contributed by atoms with Crippen molar-refractivity contribution in [3.63, 3.8) is 0 Å². The predicted molar refractivity (Wildman–Crippen MR) is 107 cm³/mol. The molecule has 2 aromatic rings. The molecule has 1 aliphatic rings. The van der Waals surface area contributed by atoms with E-state index in [-0.39, 0.29) is 11.5 Å². The summed E-state index contributed by atoms with van der Waals surface area (Å²) in [6.45, 7) is 5.44. The quantitative estimate of drug-likeness (QED) is 0.709. The topological polar surface area (TPSA) is 68.4 Å². The van der Waals surface area contributed by atoms with Crippen molar-refractivity contribution in [2.24, 2.45) is 7.05 Å². The second-order valence-electron chi connectivity index (χ2n) is 7.67. The normalized spacial score (nSPS) is 19.9. The molecule has 6 heteroatoms. The Bertz CT molecular complexity index is 846. The van der Waals surface area contributed by atoms with E-state index in [0.717, 1.165) is 25.6 Å². The number of carbonyl (C=O) groups excluding carboxylic acids is 1. The fraction of sp³-hybridized carbons (Fsp3) is 0.571. The summed E-state index contributed by atoms with van der Waals surface area (Å²) >= 11 is 0. The van der Waals surface area contributed by atoms with E-state index >= 15 is 0 Å². The highest BCUT2D eigenvalue weighted by Crippen LogP contribution is 2.08. The number of nitrogens with zero attached hydrogens (tertiary/aromatic N) is 2. The fourth-order valence-corrected chi connectivity index (χ4v) is 3.97. The summed E-state index contributed by atoms with van der Waals surface area (Å²) in [5.74, 6) is 0.680. The molecule has 1 aromatic heterocycles. The Morgan fingerprint density at radius 3 is 2.96 bits per heavy atom. The van der Waals surface area contributed by atoms with Crippen LogP contribution in [0.1, 0.15) is 44.9 Å². The van der Waals surface area contributed by atoms with Crippen LogP contribution in [-0.2, 0) is 18.3 Å².